The highest BCUT2D eigenvalue weighted by molar-refractivity contribution is 5.98. The van der Waals surface area contributed by atoms with Gasteiger partial charge in [0.05, 0.1) is 0 Å². The van der Waals surface area contributed by atoms with Crippen LogP contribution in [0.2, 0.25) is 0 Å². The molecule has 5 nitrogen and oxygen atoms in total. The number of nitrogens with zero attached hydrogens (tertiary/aromatic N) is 3. The van der Waals surface area contributed by atoms with Gasteiger partial charge in [-0.2, -0.15) is 0 Å². The quantitative estimate of drug-likeness (QED) is 0.885. The van der Waals surface area contributed by atoms with Crippen LogP contribution in [0, 0.1) is 0 Å². The van der Waals surface area contributed by atoms with Gasteiger partial charge in [0.15, 0.2) is 0 Å². The van der Waals surface area contributed by atoms with Crippen LogP contribution < -0.4 is 10.2 Å². The second kappa shape index (κ2) is 6.73. The zero-order valence-electron chi connectivity index (χ0n) is 14.6. The summed E-state index contributed by atoms with van der Waals surface area (Å²) in [6.07, 6.45) is 3.44. The Hall–Kier alpha value is -1.59. The topological polar surface area (TPSA) is 38.8 Å². The molecule has 0 spiro atoms. The van der Waals surface area contributed by atoms with E-state index in [1.54, 1.807) is 0 Å². The summed E-state index contributed by atoms with van der Waals surface area (Å²) in [6, 6.07) is 6.98. The third kappa shape index (κ3) is 2.91. The summed E-state index contributed by atoms with van der Waals surface area (Å²) in [6.45, 7) is 7.67. The van der Waals surface area contributed by atoms with Crippen LogP contribution in [-0.2, 0) is 6.42 Å². The molecule has 1 N–H and O–H groups in total. The second-order valence-electron chi connectivity index (χ2n) is 7.28. The maximum absolute atomic E-state index is 12.4. The Kier molecular flexibility index (Phi) is 4.46. The van der Waals surface area contributed by atoms with Gasteiger partial charge in [0.2, 0.25) is 0 Å². The van der Waals surface area contributed by atoms with Gasteiger partial charge >= 0.3 is 0 Å². The number of rotatable bonds is 2. The molecule has 0 saturated carbocycles. The van der Waals surface area contributed by atoms with Crippen molar-refractivity contribution in [2.75, 3.05) is 57.8 Å². The number of hydrogen-bond acceptors (Lipinski definition) is 4. The van der Waals surface area contributed by atoms with Crippen molar-refractivity contribution in [3.8, 4) is 0 Å². The van der Waals surface area contributed by atoms with E-state index in [1.807, 2.05) is 24.1 Å². The van der Waals surface area contributed by atoms with E-state index in [9.17, 15) is 4.79 Å². The summed E-state index contributed by atoms with van der Waals surface area (Å²) < 4.78 is 0. The number of nitrogens with one attached hydrogen (secondary N) is 1. The number of carbonyl (C=O) groups excluding carboxylic acids is 1. The van der Waals surface area contributed by atoms with E-state index in [0.29, 0.717) is 0 Å². The molecule has 2 saturated heterocycles. The molecule has 5 heteroatoms. The Morgan fingerprint density at radius 2 is 1.79 bits per heavy atom. The lowest BCUT2D eigenvalue weighted by atomic mass is 9.95. The summed E-state index contributed by atoms with van der Waals surface area (Å²) in [7, 11) is 1.90. The summed E-state index contributed by atoms with van der Waals surface area (Å²) in [5.41, 5.74) is 3.47. The zero-order valence-corrected chi connectivity index (χ0v) is 14.6. The summed E-state index contributed by atoms with van der Waals surface area (Å²) in [5, 5.41) is 3.44. The molecular weight excluding hydrogens is 300 g/mol. The van der Waals surface area contributed by atoms with Crippen molar-refractivity contribution >= 4 is 11.6 Å². The lowest BCUT2D eigenvalue weighted by Gasteiger charge is -2.42. The number of carbonyl (C=O) groups is 1. The summed E-state index contributed by atoms with van der Waals surface area (Å²) >= 11 is 0. The molecule has 1 aromatic rings. The van der Waals surface area contributed by atoms with Crippen LogP contribution in [0.25, 0.3) is 0 Å². The molecule has 0 bridgehead atoms. The van der Waals surface area contributed by atoms with Crippen LogP contribution >= 0.6 is 0 Å². The number of fused-ring (bicyclic) bond motifs is 1. The lowest BCUT2D eigenvalue weighted by molar-refractivity contribution is 0.0781. The molecule has 3 aliphatic heterocycles. The molecule has 4 rings (SSSR count). The molecule has 0 radical (unpaired) electrons. The first-order valence-corrected chi connectivity index (χ1v) is 9.31. The zero-order chi connectivity index (χ0) is 16.5. The summed E-state index contributed by atoms with van der Waals surface area (Å²) in [5.74, 6) is 0.175. The first-order chi connectivity index (χ1) is 11.7. The molecule has 0 unspecified atom stereocenters. The van der Waals surface area contributed by atoms with Gasteiger partial charge in [-0.1, -0.05) is 6.07 Å². The normalized spacial score (nSPS) is 23.5. The Bertz CT molecular complexity index is 603. The van der Waals surface area contributed by atoms with Gasteiger partial charge in [0.1, 0.15) is 0 Å². The predicted octanol–water partition coefficient (Wildman–Crippen LogP) is 1.19. The number of benzene rings is 1. The first kappa shape index (κ1) is 15.9. The molecular formula is C19H28N4O. The van der Waals surface area contributed by atoms with Crippen LogP contribution in [0.15, 0.2) is 18.2 Å². The third-order valence-electron chi connectivity index (χ3n) is 5.90. The van der Waals surface area contributed by atoms with Crippen molar-refractivity contribution in [2.45, 2.75) is 25.3 Å². The van der Waals surface area contributed by atoms with E-state index in [4.69, 9.17) is 0 Å². The van der Waals surface area contributed by atoms with Gasteiger partial charge in [-0.3, -0.25) is 9.69 Å². The van der Waals surface area contributed by atoms with Crippen LogP contribution in [0.1, 0.15) is 28.8 Å². The minimum atomic E-state index is 0.175. The maximum atomic E-state index is 12.4. The monoisotopic (exact) mass is 328 g/mol. The molecule has 1 amide bonds. The Labute approximate surface area is 144 Å². The number of likely N-dealkylation sites (N-methyl/N-ethyl adjacent to an activating group) is 1. The van der Waals surface area contributed by atoms with Crippen molar-refractivity contribution in [1.82, 2.24) is 15.1 Å². The van der Waals surface area contributed by atoms with Gasteiger partial charge in [-0.15, -0.1) is 0 Å². The SMILES string of the molecule is CN1CCc2c(cccc2N2CCC(N3CCNCC3)CC2)C1=O. The van der Waals surface area contributed by atoms with Gasteiger partial charge in [-0.05, 0) is 37.0 Å². The van der Waals surface area contributed by atoms with E-state index in [2.05, 4.69) is 21.2 Å². The van der Waals surface area contributed by atoms with Crippen molar-refractivity contribution in [1.29, 1.82) is 0 Å². The smallest absolute Gasteiger partial charge is 0.253 e. The molecule has 3 heterocycles. The number of piperazine rings is 1. The molecule has 2 fully saturated rings. The summed E-state index contributed by atoms with van der Waals surface area (Å²) in [4.78, 5) is 19.4. The second-order valence-corrected chi connectivity index (χ2v) is 7.28. The van der Waals surface area contributed by atoms with Gasteiger partial charge < -0.3 is 15.1 Å². The average Bonchev–Trinajstić information content (AvgIpc) is 2.65. The lowest BCUT2D eigenvalue weighted by Crippen LogP contribution is -2.52. The Morgan fingerprint density at radius 1 is 1.04 bits per heavy atom. The van der Waals surface area contributed by atoms with Crippen molar-refractivity contribution in [3.63, 3.8) is 0 Å². The van der Waals surface area contributed by atoms with Crippen LogP contribution in [0.3, 0.4) is 0 Å². The molecule has 3 aliphatic rings. The fourth-order valence-corrected chi connectivity index (χ4v) is 4.44. The molecule has 0 atom stereocenters. The highest BCUT2D eigenvalue weighted by Gasteiger charge is 2.29. The number of anilines is 1. The van der Waals surface area contributed by atoms with Crippen LogP contribution in [-0.4, -0.2) is 74.6 Å². The fourth-order valence-electron chi connectivity index (χ4n) is 4.44. The number of piperidine rings is 1. The van der Waals surface area contributed by atoms with E-state index in [0.717, 1.165) is 50.7 Å². The fraction of sp³-hybridized carbons (Fsp3) is 0.632. The molecule has 24 heavy (non-hydrogen) atoms. The minimum absolute atomic E-state index is 0.175. The minimum Gasteiger partial charge on any atom is -0.371 e. The van der Waals surface area contributed by atoms with Gasteiger partial charge in [-0.25, -0.2) is 0 Å². The molecule has 130 valence electrons. The number of hydrogen-bond donors (Lipinski definition) is 1. The molecule has 0 aliphatic carbocycles. The van der Waals surface area contributed by atoms with Crippen LogP contribution in [0.5, 0.6) is 0 Å². The van der Waals surface area contributed by atoms with Crippen molar-refractivity contribution in [3.05, 3.63) is 29.3 Å². The molecule has 0 aromatic heterocycles. The largest absolute Gasteiger partial charge is 0.371 e. The average molecular weight is 328 g/mol. The highest BCUT2D eigenvalue weighted by Crippen LogP contribution is 2.31. The van der Waals surface area contributed by atoms with E-state index < -0.39 is 0 Å². The predicted molar refractivity (Wildman–Crippen MR) is 96.8 cm³/mol. The third-order valence-corrected chi connectivity index (χ3v) is 5.90. The van der Waals surface area contributed by atoms with E-state index >= 15 is 0 Å². The van der Waals surface area contributed by atoms with Crippen LogP contribution in [0.4, 0.5) is 5.69 Å². The Morgan fingerprint density at radius 3 is 2.54 bits per heavy atom. The highest BCUT2D eigenvalue weighted by atomic mass is 16.2. The molecule has 1 aromatic carbocycles. The van der Waals surface area contributed by atoms with Crippen molar-refractivity contribution in [2.24, 2.45) is 0 Å². The number of amides is 1. The first-order valence-electron chi connectivity index (χ1n) is 9.31. The Balaban J connectivity index is 1.47. The van der Waals surface area contributed by atoms with E-state index in [-0.39, 0.29) is 5.91 Å². The van der Waals surface area contributed by atoms with Gasteiger partial charge in [0, 0.05) is 70.2 Å². The van der Waals surface area contributed by atoms with Gasteiger partial charge in [0.25, 0.3) is 5.91 Å². The van der Waals surface area contributed by atoms with E-state index in [1.165, 1.54) is 37.2 Å². The maximum Gasteiger partial charge on any atom is 0.253 e. The standard InChI is InChI=1S/C19H28N4O/c1-21-10-7-16-17(19(21)24)3-2-4-18(16)23-11-5-15(6-12-23)22-13-8-20-9-14-22/h2-4,15,20H,5-14H2,1H3. The van der Waals surface area contributed by atoms with Crippen molar-refractivity contribution < 1.29 is 4.79 Å².